The molecule has 1 amide bonds. The lowest BCUT2D eigenvalue weighted by molar-refractivity contribution is -0.235. The van der Waals surface area contributed by atoms with Crippen molar-refractivity contribution in [2.75, 3.05) is 6.54 Å². The highest BCUT2D eigenvalue weighted by Gasteiger charge is 2.71. The van der Waals surface area contributed by atoms with E-state index < -0.39 is 40.2 Å². The fraction of sp³-hybridized carbons (Fsp3) is 0.774. The highest BCUT2D eigenvalue weighted by molar-refractivity contribution is 6.30. The molecule has 0 radical (unpaired) electrons. The van der Waals surface area contributed by atoms with Gasteiger partial charge in [0.25, 0.3) is 0 Å². The van der Waals surface area contributed by atoms with Crippen molar-refractivity contribution in [3.8, 4) is 0 Å². The van der Waals surface area contributed by atoms with Crippen LogP contribution in [0.3, 0.4) is 0 Å². The number of esters is 2. The minimum atomic E-state index is -1.00. The molecule has 1 aromatic carbocycles. The van der Waals surface area contributed by atoms with Crippen molar-refractivity contribution in [1.82, 2.24) is 4.90 Å². The molecule has 6 rings (SSSR count). The standard InChI is InChI=1S/C53H80ClNO8/c1-32(2)42-36(56)28-53(39(57)31-55(45(60)63-47(6,7)8)30-33-16-18-34(54)19-17-33)27-26-51(14)35(43(42)53)20-21-38-50(13)24-23-40(49(11,12)37(50)22-25-52(38,51)15)61-41(58)29-48(9,10)44(59)62-46(3,4)5/h16-19,32,35,37-40,57H,20-31H2,1-15H3/t35-,37+,38-,39-,40+,50+,51-,52-,53+/m1/s1. The van der Waals surface area contributed by atoms with Crippen molar-refractivity contribution in [3.63, 3.8) is 0 Å². The average Bonchev–Trinajstić information content (AvgIpc) is 3.45. The predicted molar refractivity (Wildman–Crippen MR) is 248 cm³/mol. The summed E-state index contributed by atoms with van der Waals surface area (Å²) < 4.78 is 17.9. The van der Waals surface area contributed by atoms with E-state index in [1.807, 2.05) is 53.7 Å². The number of hydrogen-bond donors (Lipinski definition) is 1. The number of ketones is 1. The van der Waals surface area contributed by atoms with Crippen LogP contribution in [0, 0.1) is 56.2 Å². The van der Waals surface area contributed by atoms with Crippen LogP contribution in [0.25, 0.3) is 0 Å². The number of hydrogen-bond acceptors (Lipinski definition) is 8. The molecule has 1 N–H and O–H groups in total. The molecule has 1 aromatic rings. The van der Waals surface area contributed by atoms with Crippen LogP contribution in [-0.2, 0) is 35.1 Å². The second-order valence-corrected chi connectivity index (χ2v) is 25.2. The largest absolute Gasteiger partial charge is 0.462 e. The van der Waals surface area contributed by atoms with Crippen LogP contribution in [0.5, 0.6) is 0 Å². The summed E-state index contributed by atoms with van der Waals surface area (Å²) in [5.41, 5.74) is -0.641. The number of halogens is 1. The Balaban J connectivity index is 1.27. The number of carbonyl (C=O) groups excluding carboxylic acids is 4. The molecule has 9 nitrogen and oxygen atoms in total. The van der Waals surface area contributed by atoms with Crippen molar-refractivity contribution in [1.29, 1.82) is 0 Å². The molecule has 352 valence electrons. The number of aliphatic hydroxyl groups is 1. The Morgan fingerprint density at radius 3 is 2.02 bits per heavy atom. The van der Waals surface area contributed by atoms with Crippen molar-refractivity contribution < 1.29 is 38.5 Å². The predicted octanol–water partition coefficient (Wildman–Crippen LogP) is 12.1. The van der Waals surface area contributed by atoms with Crippen molar-refractivity contribution in [2.45, 2.75) is 198 Å². The van der Waals surface area contributed by atoms with Crippen LogP contribution in [0.4, 0.5) is 4.79 Å². The maximum Gasteiger partial charge on any atom is 0.410 e. The summed E-state index contributed by atoms with van der Waals surface area (Å²) in [5.74, 6) is 0.263. The van der Waals surface area contributed by atoms with Crippen molar-refractivity contribution in [2.24, 2.45) is 56.2 Å². The van der Waals surface area contributed by atoms with Crippen LogP contribution in [-0.4, -0.2) is 63.8 Å². The average molecular weight is 895 g/mol. The second kappa shape index (κ2) is 16.8. The third-order valence-corrected chi connectivity index (χ3v) is 17.5. The van der Waals surface area contributed by atoms with E-state index in [9.17, 15) is 24.3 Å². The lowest BCUT2D eigenvalue weighted by Crippen LogP contribution is -2.66. The van der Waals surface area contributed by atoms with Gasteiger partial charge in [-0.3, -0.25) is 14.4 Å². The van der Waals surface area contributed by atoms with Crippen LogP contribution in [0.2, 0.25) is 5.02 Å². The number of carbonyl (C=O) groups is 4. The third kappa shape index (κ3) is 9.02. The van der Waals surface area contributed by atoms with E-state index in [1.165, 1.54) is 0 Å². The van der Waals surface area contributed by atoms with Gasteiger partial charge < -0.3 is 24.2 Å². The van der Waals surface area contributed by atoms with Gasteiger partial charge in [-0.1, -0.05) is 77.8 Å². The van der Waals surface area contributed by atoms with Gasteiger partial charge in [-0.25, -0.2) is 4.79 Å². The fourth-order valence-electron chi connectivity index (χ4n) is 14.0. The molecule has 9 atom stereocenters. The van der Waals surface area contributed by atoms with Gasteiger partial charge in [0, 0.05) is 28.8 Å². The Bertz CT molecular complexity index is 1970. The first-order valence-corrected chi connectivity index (χ1v) is 24.3. The lowest BCUT2D eigenvalue weighted by Gasteiger charge is -2.72. The normalized spacial score (nSPS) is 33.4. The Kier molecular flexibility index (Phi) is 13.2. The lowest BCUT2D eigenvalue weighted by atomic mass is 9.33. The molecular formula is C53H80ClNO8. The zero-order valence-electron chi connectivity index (χ0n) is 41.4. The number of aliphatic hydroxyl groups excluding tert-OH is 1. The molecule has 0 unspecified atom stereocenters. The van der Waals surface area contributed by atoms with Crippen molar-refractivity contribution >= 4 is 35.4 Å². The van der Waals surface area contributed by atoms with Gasteiger partial charge in [-0.15, -0.1) is 0 Å². The number of fused-ring (bicyclic) bond motifs is 7. The summed E-state index contributed by atoms with van der Waals surface area (Å²) in [5, 5.41) is 13.3. The van der Waals surface area contributed by atoms with Crippen LogP contribution in [0.1, 0.15) is 174 Å². The van der Waals surface area contributed by atoms with Gasteiger partial charge in [0.05, 0.1) is 24.5 Å². The van der Waals surface area contributed by atoms with E-state index in [4.69, 9.17) is 25.8 Å². The van der Waals surface area contributed by atoms with Crippen molar-refractivity contribution in [3.05, 3.63) is 46.0 Å². The van der Waals surface area contributed by atoms with Crippen LogP contribution < -0.4 is 0 Å². The minimum absolute atomic E-state index is 0.00670. The third-order valence-electron chi connectivity index (χ3n) is 17.2. The summed E-state index contributed by atoms with van der Waals surface area (Å²) in [7, 11) is 0. The number of ether oxygens (including phenoxy) is 3. The molecule has 5 aliphatic rings. The topological polar surface area (TPSA) is 119 Å². The molecule has 0 aromatic heterocycles. The Labute approximate surface area is 384 Å². The number of allylic oxidation sites excluding steroid dienone is 1. The zero-order chi connectivity index (χ0) is 47.1. The van der Waals surface area contributed by atoms with Gasteiger partial charge in [0.15, 0.2) is 5.78 Å². The Hall–Kier alpha value is -2.91. The first-order valence-electron chi connectivity index (χ1n) is 23.9. The first kappa shape index (κ1) is 49.5. The quantitative estimate of drug-likeness (QED) is 0.182. The summed E-state index contributed by atoms with van der Waals surface area (Å²) in [6, 6.07) is 7.39. The number of benzene rings is 1. The molecule has 10 heteroatoms. The van der Waals surface area contributed by atoms with Gasteiger partial charge in [0.1, 0.15) is 17.3 Å². The summed E-state index contributed by atoms with van der Waals surface area (Å²) in [4.78, 5) is 56.5. The molecule has 0 bridgehead atoms. The summed E-state index contributed by atoms with van der Waals surface area (Å²) in [6.07, 6.45) is 5.76. The molecular weight excluding hydrogens is 814 g/mol. The fourth-order valence-corrected chi connectivity index (χ4v) is 14.2. The summed E-state index contributed by atoms with van der Waals surface area (Å²) in [6.45, 7) is 31.2. The van der Waals surface area contributed by atoms with E-state index in [0.717, 1.165) is 61.7 Å². The van der Waals surface area contributed by atoms with Gasteiger partial charge in [-0.2, -0.15) is 0 Å². The number of Topliss-reactive ketones (excluding diaryl/α,β-unsaturated/α-hetero) is 1. The highest BCUT2D eigenvalue weighted by Crippen LogP contribution is 2.77. The van der Waals surface area contributed by atoms with E-state index in [-0.39, 0.29) is 77.3 Å². The number of nitrogens with zero attached hydrogens (tertiary/aromatic N) is 1. The van der Waals surface area contributed by atoms with Gasteiger partial charge >= 0.3 is 18.0 Å². The summed E-state index contributed by atoms with van der Waals surface area (Å²) >= 11 is 6.22. The van der Waals surface area contributed by atoms with E-state index in [0.29, 0.717) is 23.3 Å². The molecule has 0 spiro atoms. The zero-order valence-corrected chi connectivity index (χ0v) is 42.1. The monoisotopic (exact) mass is 894 g/mol. The molecule has 0 aliphatic heterocycles. The highest BCUT2D eigenvalue weighted by atomic mass is 35.5. The van der Waals surface area contributed by atoms with Crippen LogP contribution in [0.15, 0.2) is 35.4 Å². The minimum Gasteiger partial charge on any atom is -0.462 e. The maximum absolute atomic E-state index is 14.4. The molecule has 4 fully saturated rings. The molecule has 5 aliphatic carbocycles. The second-order valence-electron chi connectivity index (χ2n) is 24.8. The van der Waals surface area contributed by atoms with Gasteiger partial charge in [0.2, 0.25) is 0 Å². The van der Waals surface area contributed by atoms with Crippen LogP contribution >= 0.6 is 11.6 Å². The number of rotatable bonds is 10. The smallest absolute Gasteiger partial charge is 0.410 e. The maximum atomic E-state index is 14.4. The molecule has 0 heterocycles. The van der Waals surface area contributed by atoms with E-state index >= 15 is 0 Å². The van der Waals surface area contributed by atoms with Gasteiger partial charge in [-0.05, 0) is 170 Å². The Morgan fingerprint density at radius 1 is 0.810 bits per heavy atom. The SMILES string of the molecule is CC(C)C1=C2[C@H]3CC[C@@H]4[C@@]5(C)CC[C@H](OC(=O)CC(C)(C)C(=O)OC(C)(C)C)C(C)(C)[C@@H]5CC[C@@]4(C)[C@]3(C)CC[C@@]2([C@H](O)CN(Cc2ccc(Cl)cc2)C(=O)OC(C)(C)C)CC1=O. The first-order chi connectivity index (χ1) is 28.8. The molecule has 63 heavy (non-hydrogen) atoms. The van der Waals surface area contributed by atoms with E-state index in [2.05, 4.69) is 48.5 Å². The number of amides is 1. The molecule has 4 saturated carbocycles. The van der Waals surface area contributed by atoms with E-state index in [1.54, 1.807) is 30.9 Å². The Morgan fingerprint density at radius 2 is 1.43 bits per heavy atom. The molecule has 0 saturated heterocycles.